The zero-order valence-corrected chi connectivity index (χ0v) is 15.8. The molecule has 140 valence electrons. The van der Waals surface area contributed by atoms with Crippen molar-refractivity contribution in [3.8, 4) is 11.4 Å². The van der Waals surface area contributed by atoms with Crippen LogP contribution in [0.2, 0.25) is 0 Å². The number of aryl methyl sites for hydroxylation is 1. The van der Waals surface area contributed by atoms with Gasteiger partial charge >= 0.3 is 0 Å². The Hall–Kier alpha value is -3.47. The highest BCUT2D eigenvalue weighted by Crippen LogP contribution is 2.24. The number of carbonyl (C=O) groups excluding carboxylic acids is 1. The number of hydrogen-bond donors (Lipinski definition) is 1. The second kappa shape index (κ2) is 8.05. The van der Waals surface area contributed by atoms with Crippen molar-refractivity contribution in [3.63, 3.8) is 0 Å². The van der Waals surface area contributed by atoms with Gasteiger partial charge in [0.25, 0.3) is 0 Å². The number of pyridine rings is 1. The molecule has 0 spiro atoms. The molecule has 0 saturated heterocycles. The first-order chi connectivity index (χ1) is 13.7. The van der Waals surface area contributed by atoms with Crippen LogP contribution in [-0.2, 0) is 17.8 Å². The lowest BCUT2D eigenvalue weighted by Gasteiger charge is -2.11. The molecule has 0 radical (unpaired) electrons. The molecule has 5 nitrogen and oxygen atoms in total. The highest BCUT2D eigenvalue weighted by molar-refractivity contribution is 5.81. The summed E-state index contributed by atoms with van der Waals surface area (Å²) >= 11 is 0. The lowest BCUT2D eigenvalue weighted by Crippen LogP contribution is -2.29. The average Bonchev–Trinajstić information content (AvgIpc) is 3.09. The molecule has 2 aromatic heterocycles. The molecule has 0 bridgehead atoms. The average molecular weight is 370 g/mol. The maximum Gasteiger partial charge on any atom is 0.224 e. The highest BCUT2D eigenvalue weighted by atomic mass is 16.1. The number of nitrogens with zero attached hydrogens (tertiary/aromatic N) is 3. The van der Waals surface area contributed by atoms with Crippen LogP contribution in [0.5, 0.6) is 0 Å². The van der Waals surface area contributed by atoms with Crippen molar-refractivity contribution < 1.29 is 4.79 Å². The standard InChI is InChI=1S/C23H22N4O/c1-17-6-2-3-7-19(17)16-22(28)25-14-15-27-21-9-5-4-8-20(21)26-23(27)18-10-12-24-13-11-18/h2-13H,14-16H2,1H3,(H,25,28). The molecule has 0 saturated carbocycles. The molecule has 0 fully saturated rings. The molecule has 0 aliphatic carbocycles. The Morgan fingerprint density at radius 2 is 1.75 bits per heavy atom. The summed E-state index contributed by atoms with van der Waals surface area (Å²) in [6.07, 6.45) is 3.93. The van der Waals surface area contributed by atoms with E-state index in [0.717, 1.165) is 33.5 Å². The Labute approximate surface area is 164 Å². The summed E-state index contributed by atoms with van der Waals surface area (Å²) in [6.45, 7) is 3.22. The van der Waals surface area contributed by atoms with Crippen molar-refractivity contribution in [2.75, 3.05) is 6.54 Å². The van der Waals surface area contributed by atoms with Crippen LogP contribution in [0.4, 0.5) is 0 Å². The maximum absolute atomic E-state index is 12.4. The fourth-order valence-corrected chi connectivity index (χ4v) is 3.37. The number of carbonyl (C=O) groups is 1. The molecule has 5 heteroatoms. The van der Waals surface area contributed by atoms with Crippen LogP contribution in [0.25, 0.3) is 22.4 Å². The minimum atomic E-state index is 0.0316. The van der Waals surface area contributed by atoms with E-state index in [1.54, 1.807) is 12.4 Å². The second-order valence-electron chi connectivity index (χ2n) is 6.76. The van der Waals surface area contributed by atoms with Gasteiger partial charge in [0.1, 0.15) is 5.82 Å². The number of para-hydroxylation sites is 2. The van der Waals surface area contributed by atoms with Gasteiger partial charge in [-0.2, -0.15) is 0 Å². The van der Waals surface area contributed by atoms with Crippen molar-refractivity contribution in [2.24, 2.45) is 0 Å². The molecule has 2 aromatic carbocycles. The summed E-state index contributed by atoms with van der Waals surface area (Å²) in [4.78, 5) is 21.2. The summed E-state index contributed by atoms with van der Waals surface area (Å²) in [7, 11) is 0. The summed E-state index contributed by atoms with van der Waals surface area (Å²) in [5.74, 6) is 0.918. The lowest BCUT2D eigenvalue weighted by atomic mass is 10.1. The van der Waals surface area contributed by atoms with Crippen molar-refractivity contribution in [1.82, 2.24) is 19.9 Å². The second-order valence-corrected chi connectivity index (χ2v) is 6.76. The minimum Gasteiger partial charge on any atom is -0.354 e. The van der Waals surface area contributed by atoms with E-state index in [2.05, 4.69) is 20.9 Å². The molecule has 0 unspecified atom stereocenters. The quantitative estimate of drug-likeness (QED) is 0.562. The highest BCUT2D eigenvalue weighted by Gasteiger charge is 2.12. The largest absolute Gasteiger partial charge is 0.354 e. The van der Waals surface area contributed by atoms with E-state index in [9.17, 15) is 4.79 Å². The Bertz CT molecular complexity index is 1100. The van der Waals surface area contributed by atoms with E-state index in [-0.39, 0.29) is 5.91 Å². The zero-order chi connectivity index (χ0) is 19.3. The predicted molar refractivity (Wildman–Crippen MR) is 111 cm³/mol. The Morgan fingerprint density at radius 1 is 1.00 bits per heavy atom. The van der Waals surface area contributed by atoms with Gasteiger partial charge in [-0.25, -0.2) is 4.98 Å². The maximum atomic E-state index is 12.4. The van der Waals surface area contributed by atoms with Gasteiger partial charge in [-0.3, -0.25) is 9.78 Å². The van der Waals surface area contributed by atoms with Crippen LogP contribution in [0.3, 0.4) is 0 Å². The summed E-state index contributed by atoms with van der Waals surface area (Å²) < 4.78 is 2.15. The van der Waals surface area contributed by atoms with Gasteiger partial charge in [0.2, 0.25) is 5.91 Å². The van der Waals surface area contributed by atoms with Crippen LogP contribution in [-0.4, -0.2) is 27.0 Å². The number of aromatic nitrogens is 3. The fourth-order valence-electron chi connectivity index (χ4n) is 3.37. The molecule has 0 aliphatic rings. The monoisotopic (exact) mass is 370 g/mol. The number of fused-ring (bicyclic) bond motifs is 1. The van der Waals surface area contributed by atoms with Gasteiger partial charge in [-0.15, -0.1) is 0 Å². The van der Waals surface area contributed by atoms with E-state index >= 15 is 0 Å². The van der Waals surface area contributed by atoms with Crippen molar-refractivity contribution in [1.29, 1.82) is 0 Å². The third-order valence-corrected chi connectivity index (χ3v) is 4.86. The topological polar surface area (TPSA) is 59.8 Å². The van der Waals surface area contributed by atoms with Gasteiger partial charge in [-0.1, -0.05) is 36.4 Å². The minimum absolute atomic E-state index is 0.0316. The summed E-state index contributed by atoms with van der Waals surface area (Å²) in [5.41, 5.74) is 5.21. The smallest absolute Gasteiger partial charge is 0.224 e. The number of benzene rings is 2. The third kappa shape index (κ3) is 3.78. The SMILES string of the molecule is Cc1ccccc1CC(=O)NCCn1c(-c2ccncc2)nc2ccccc21. The molecular weight excluding hydrogens is 348 g/mol. The fraction of sp³-hybridized carbons (Fsp3) is 0.174. The molecule has 0 atom stereocenters. The molecule has 28 heavy (non-hydrogen) atoms. The van der Waals surface area contributed by atoms with Gasteiger partial charge in [0.15, 0.2) is 0 Å². The number of nitrogens with one attached hydrogen (secondary N) is 1. The summed E-state index contributed by atoms with van der Waals surface area (Å²) in [5, 5.41) is 3.04. The van der Waals surface area contributed by atoms with Crippen LogP contribution >= 0.6 is 0 Å². The number of amides is 1. The molecule has 4 rings (SSSR count). The molecule has 1 N–H and O–H groups in total. The first-order valence-corrected chi connectivity index (χ1v) is 9.39. The first kappa shape index (κ1) is 17.9. The van der Waals surface area contributed by atoms with E-state index in [1.165, 1.54) is 0 Å². The number of rotatable bonds is 6. The van der Waals surface area contributed by atoms with Gasteiger partial charge in [0.05, 0.1) is 17.5 Å². The Balaban J connectivity index is 1.50. The number of hydrogen-bond acceptors (Lipinski definition) is 3. The normalized spacial score (nSPS) is 10.9. The van der Waals surface area contributed by atoms with Gasteiger partial charge in [-0.05, 0) is 42.3 Å². The van der Waals surface area contributed by atoms with Crippen molar-refractivity contribution in [2.45, 2.75) is 19.9 Å². The van der Waals surface area contributed by atoms with Gasteiger partial charge < -0.3 is 9.88 Å². The first-order valence-electron chi connectivity index (χ1n) is 9.39. The van der Waals surface area contributed by atoms with E-state index in [4.69, 9.17) is 4.98 Å². The van der Waals surface area contributed by atoms with Crippen molar-refractivity contribution >= 4 is 16.9 Å². The van der Waals surface area contributed by atoms with E-state index < -0.39 is 0 Å². The van der Waals surface area contributed by atoms with Crippen LogP contribution < -0.4 is 5.32 Å². The van der Waals surface area contributed by atoms with E-state index in [0.29, 0.717) is 19.5 Å². The number of imidazole rings is 1. The summed E-state index contributed by atoms with van der Waals surface area (Å²) in [6, 6.07) is 19.9. The third-order valence-electron chi connectivity index (χ3n) is 4.86. The Kier molecular flexibility index (Phi) is 5.15. The molecular formula is C23H22N4O. The van der Waals surface area contributed by atoms with Crippen molar-refractivity contribution in [3.05, 3.63) is 84.2 Å². The van der Waals surface area contributed by atoms with Crippen LogP contribution in [0, 0.1) is 6.92 Å². The predicted octanol–water partition coefficient (Wildman–Crippen LogP) is 3.77. The molecule has 0 aliphatic heterocycles. The van der Waals surface area contributed by atoms with E-state index in [1.807, 2.05) is 61.5 Å². The Morgan fingerprint density at radius 3 is 2.57 bits per heavy atom. The molecule has 2 heterocycles. The van der Waals surface area contributed by atoms with Crippen LogP contribution in [0.15, 0.2) is 73.1 Å². The van der Waals surface area contributed by atoms with Gasteiger partial charge in [0, 0.05) is 31.0 Å². The zero-order valence-electron chi connectivity index (χ0n) is 15.8. The molecule has 4 aromatic rings. The molecule has 1 amide bonds. The van der Waals surface area contributed by atoms with Crippen LogP contribution in [0.1, 0.15) is 11.1 Å². The lowest BCUT2D eigenvalue weighted by molar-refractivity contribution is -0.120.